The van der Waals surface area contributed by atoms with Gasteiger partial charge in [0.05, 0.1) is 17.6 Å². The third-order valence-corrected chi connectivity index (χ3v) is 5.92. The largest absolute Gasteiger partial charge is 0.332 e. The topological polar surface area (TPSA) is 41.1 Å². The normalized spacial score (nSPS) is 14.9. The van der Waals surface area contributed by atoms with E-state index in [1.807, 2.05) is 48.5 Å². The molecule has 0 amide bonds. The van der Waals surface area contributed by atoms with Crippen molar-refractivity contribution in [1.29, 1.82) is 0 Å². The molecule has 0 unspecified atom stereocenters. The van der Waals surface area contributed by atoms with Gasteiger partial charge < -0.3 is 5.32 Å². The van der Waals surface area contributed by atoms with Crippen LogP contribution in [0.25, 0.3) is 22.0 Å². The minimum Gasteiger partial charge on any atom is -0.332 e. The highest BCUT2D eigenvalue weighted by Gasteiger charge is 2.29. The van der Waals surface area contributed by atoms with Crippen molar-refractivity contribution in [2.45, 2.75) is 20.3 Å². The van der Waals surface area contributed by atoms with Crippen LogP contribution in [0.4, 0.5) is 10.7 Å². The van der Waals surface area contributed by atoms with Crippen molar-refractivity contribution in [1.82, 2.24) is 9.97 Å². The minimum atomic E-state index is 0.709. The molecule has 146 valence electrons. The Morgan fingerprint density at radius 1 is 1.28 bits per heavy atom. The first kappa shape index (κ1) is 19.4. The molecule has 3 aromatic rings. The molecule has 2 aromatic heterocycles. The number of allylic oxidation sites excluding steroid dienone is 4. The Kier molecular flexibility index (Phi) is 5.26. The van der Waals surface area contributed by atoms with Gasteiger partial charge in [-0.15, -0.1) is 0 Å². The van der Waals surface area contributed by atoms with Crippen LogP contribution in [0.1, 0.15) is 31.0 Å². The molecule has 29 heavy (non-hydrogen) atoms. The maximum Gasteiger partial charge on any atom is 0.127 e. The quantitative estimate of drug-likeness (QED) is 0.461. The number of anilines is 2. The molecule has 0 atom stereocenters. The second-order valence-corrected chi connectivity index (χ2v) is 8.25. The maximum absolute atomic E-state index is 6.35. The first-order valence-corrected chi connectivity index (χ1v) is 10.5. The SMILES string of the molecule is C=C1Nc2sc(C(/C=C\CC)=C(/C)Cl)nc2C(=C)N1c1cncc2ccccc12. The van der Waals surface area contributed by atoms with Gasteiger partial charge in [0.25, 0.3) is 0 Å². The minimum absolute atomic E-state index is 0.709. The smallest absolute Gasteiger partial charge is 0.127 e. The van der Waals surface area contributed by atoms with Gasteiger partial charge >= 0.3 is 0 Å². The number of pyridine rings is 1. The van der Waals surface area contributed by atoms with Gasteiger partial charge in [-0.1, -0.05) is 79.4 Å². The van der Waals surface area contributed by atoms with Crippen LogP contribution in [0.5, 0.6) is 0 Å². The Morgan fingerprint density at radius 3 is 2.83 bits per heavy atom. The van der Waals surface area contributed by atoms with E-state index < -0.39 is 0 Å². The van der Waals surface area contributed by atoms with E-state index in [1.165, 1.54) is 0 Å². The van der Waals surface area contributed by atoms with Crippen molar-refractivity contribution in [3.63, 3.8) is 0 Å². The second kappa shape index (κ2) is 7.85. The summed E-state index contributed by atoms with van der Waals surface area (Å²) in [6.07, 6.45) is 8.72. The summed E-state index contributed by atoms with van der Waals surface area (Å²) < 4.78 is 0. The van der Waals surface area contributed by atoms with E-state index in [2.05, 4.69) is 42.5 Å². The van der Waals surface area contributed by atoms with Crippen molar-refractivity contribution < 1.29 is 0 Å². The molecule has 0 fully saturated rings. The van der Waals surface area contributed by atoms with E-state index in [4.69, 9.17) is 16.6 Å². The summed E-state index contributed by atoms with van der Waals surface area (Å²) in [6.45, 7) is 12.5. The zero-order valence-electron chi connectivity index (χ0n) is 16.4. The van der Waals surface area contributed by atoms with E-state index in [1.54, 1.807) is 11.3 Å². The lowest BCUT2D eigenvalue weighted by molar-refractivity contribution is 1.12. The van der Waals surface area contributed by atoms with Gasteiger partial charge in [0.1, 0.15) is 21.5 Å². The fourth-order valence-electron chi connectivity index (χ4n) is 3.31. The molecular weight excluding hydrogens is 400 g/mol. The molecule has 1 aromatic carbocycles. The number of aromatic nitrogens is 2. The zero-order valence-corrected chi connectivity index (χ0v) is 17.9. The number of thiazole rings is 1. The monoisotopic (exact) mass is 420 g/mol. The number of hydrogen-bond acceptors (Lipinski definition) is 5. The van der Waals surface area contributed by atoms with E-state index >= 15 is 0 Å². The molecule has 0 saturated carbocycles. The van der Waals surface area contributed by atoms with Gasteiger partial charge in [0, 0.05) is 27.6 Å². The van der Waals surface area contributed by atoms with Crippen LogP contribution in [0.15, 0.2) is 72.8 Å². The van der Waals surface area contributed by atoms with Crippen molar-refractivity contribution in [3.8, 4) is 0 Å². The lowest BCUT2D eigenvalue weighted by Crippen LogP contribution is -2.29. The standard InChI is InChI=1S/C23H21ClN4S/c1-5-6-10-18(14(2)24)22-27-21-15(3)28(16(4)26-23(21)29-22)20-13-25-12-17-9-7-8-11-19(17)20/h6-13,26H,3-5H2,1-2H3/b10-6-,18-14-. The molecule has 1 aliphatic rings. The lowest BCUT2D eigenvalue weighted by Gasteiger charge is -2.33. The molecule has 0 aliphatic carbocycles. The van der Waals surface area contributed by atoms with E-state index in [0.717, 1.165) is 49.9 Å². The predicted molar refractivity (Wildman–Crippen MR) is 126 cm³/mol. The molecule has 6 heteroatoms. The molecule has 0 spiro atoms. The third kappa shape index (κ3) is 3.48. The van der Waals surface area contributed by atoms with Gasteiger partial charge in [-0.05, 0) is 13.3 Å². The molecule has 1 aliphatic heterocycles. The number of benzene rings is 1. The van der Waals surface area contributed by atoms with Gasteiger partial charge in [-0.2, -0.15) is 0 Å². The summed E-state index contributed by atoms with van der Waals surface area (Å²) in [6, 6.07) is 8.13. The summed E-state index contributed by atoms with van der Waals surface area (Å²) in [4.78, 5) is 11.2. The van der Waals surface area contributed by atoms with Crippen molar-refractivity contribution in [2.24, 2.45) is 0 Å². The maximum atomic E-state index is 6.35. The third-order valence-electron chi connectivity index (χ3n) is 4.71. The molecule has 4 nitrogen and oxygen atoms in total. The van der Waals surface area contributed by atoms with Crippen molar-refractivity contribution in [3.05, 3.63) is 83.5 Å². The van der Waals surface area contributed by atoms with Crippen LogP contribution in [-0.2, 0) is 0 Å². The van der Waals surface area contributed by atoms with Crippen LogP contribution in [0, 0.1) is 0 Å². The van der Waals surface area contributed by atoms with Crippen LogP contribution in [-0.4, -0.2) is 9.97 Å². The van der Waals surface area contributed by atoms with Gasteiger partial charge in [0.2, 0.25) is 0 Å². The number of rotatable bonds is 4. The van der Waals surface area contributed by atoms with Crippen LogP contribution in [0.3, 0.4) is 0 Å². The number of fused-ring (bicyclic) bond motifs is 2. The average molecular weight is 421 g/mol. The Hall–Kier alpha value is -2.89. The summed E-state index contributed by atoms with van der Waals surface area (Å²) >= 11 is 7.90. The Morgan fingerprint density at radius 2 is 2.07 bits per heavy atom. The number of nitrogens with zero attached hydrogens (tertiary/aromatic N) is 3. The van der Waals surface area contributed by atoms with Gasteiger partial charge in [-0.3, -0.25) is 9.88 Å². The summed E-state index contributed by atoms with van der Waals surface area (Å²) in [5.41, 5.74) is 3.40. The van der Waals surface area contributed by atoms with Crippen LogP contribution in [0.2, 0.25) is 0 Å². The van der Waals surface area contributed by atoms with E-state index in [-0.39, 0.29) is 0 Å². The Labute approximate surface area is 179 Å². The second-order valence-electron chi connectivity index (χ2n) is 6.69. The highest BCUT2D eigenvalue weighted by Crippen LogP contribution is 2.43. The number of nitrogens with one attached hydrogen (secondary N) is 1. The fraction of sp³-hybridized carbons (Fsp3) is 0.130. The summed E-state index contributed by atoms with van der Waals surface area (Å²) in [7, 11) is 0. The van der Waals surface area contributed by atoms with Crippen molar-refractivity contribution in [2.75, 3.05) is 10.2 Å². The Balaban J connectivity index is 1.80. The summed E-state index contributed by atoms with van der Waals surface area (Å²) in [5.74, 6) is 0.716. The van der Waals surface area contributed by atoms with Crippen LogP contribution >= 0.6 is 22.9 Å². The van der Waals surface area contributed by atoms with Crippen molar-refractivity contribution >= 4 is 55.7 Å². The summed E-state index contributed by atoms with van der Waals surface area (Å²) in [5, 5.41) is 8.00. The molecule has 0 saturated heterocycles. The molecular formula is C23H21ClN4S. The molecule has 0 radical (unpaired) electrons. The lowest BCUT2D eigenvalue weighted by atomic mass is 10.1. The number of hydrogen-bond donors (Lipinski definition) is 1. The van der Waals surface area contributed by atoms with Gasteiger partial charge in [0.15, 0.2) is 0 Å². The Bertz CT molecular complexity index is 1180. The molecule has 3 heterocycles. The first-order valence-electron chi connectivity index (χ1n) is 9.33. The zero-order chi connectivity index (χ0) is 20.5. The molecule has 1 N–H and O–H groups in total. The van der Waals surface area contributed by atoms with Gasteiger partial charge in [-0.25, -0.2) is 4.98 Å². The van der Waals surface area contributed by atoms with E-state index in [0.29, 0.717) is 10.9 Å². The molecule has 4 rings (SSSR count). The highest BCUT2D eigenvalue weighted by molar-refractivity contribution is 7.17. The molecule has 0 bridgehead atoms. The van der Waals surface area contributed by atoms with Crippen LogP contribution < -0.4 is 10.2 Å². The first-order chi connectivity index (χ1) is 14.0. The average Bonchev–Trinajstić information content (AvgIpc) is 3.12. The predicted octanol–water partition coefficient (Wildman–Crippen LogP) is 7.00. The fourth-order valence-corrected chi connectivity index (χ4v) is 4.61. The van der Waals surface area contributed by atoms with E-state index in [9.17, 15) is 0 Å². The number of halogens is 1. The highest BCUT2D eigenvalue weighted by atomic mass is 35.5.